The molecule has 0 saturated carbocycles. The summed E-state index contributed by atoms with van der Waals surface area (Å²) in [5.74, 6) is 0.208. The molecule has 1 fully saturated rings. The van der Waals surface area contributed by atoms with E-state index in [0.29, 0.717) is 26.2 Å². The highest BCUT2D eigenvalue weighted by Crippen LogP contribution is 2.44. The first kappa shape index (κ1) is 24.2. The molecule has 0 amide bonds. The minimum Gasteiger partial charge on any atom is -0.368 e. The Morgan fingerprint density at radius 1 is 0.625 bits per heavy atom. The maximum Gasteiger partial charge on any atom is 0.398 e. The molecule has 0 aliphatic carbocycles. The number of piperazine rings is 1. The molecule has 0 unspecified atom stereocenters. The van der Waals surface area contributed by atoms with E-state index in [4.69, 9.17) is 29.6 Å². The van der Waals surface area contributed by atoms with Crippen molar-refractivity contribution in [2.75, 3.05) is 75.9 Å². The van der Waals surface area contributed by atoms with E-state index in [0.717, 1.165) is 0 Å². The number of anilines is 4. The molecule has 0 spiro atoms. The molecule has 1 aliphatic heterocycles. The number of nitrogens with zero attached hydrogens (tertiary/aromatic N) is 8. The van der Waals surface area contributed by atoms with E-state index in [1.54, 1.807) is 0 Å². The van der Waals surface area contributed by atoms with Gasteiger partial charge in [0, 0.05) is 54.6 Å². The first-order valence-electron chi connectivity index (χ1n) is 9.15. The van der Waals surface area contributed by atoms with Crippen molar-refractivity contribution in [1.29, 1.82) is 0 Å². The SMILES string of the molecule is COP(=O)(OC)c1nc(N)nc(N2CCN(c3nc(N)nc(P(=O)(OC)OC)n3)CC2)n1. The molecule has 4 N–H and O–H groups in total. The lowest BCUT2D eigenvalue weighted by molar-refractivity contribution is 0.284. The van der Waals surface area contributed by atoms with Crippen LogP contribution in [0.3, 0.4) is 0 Å². The molecule has 0 aromatic carbocycles. The predicted molar refractivity (Wildman–Crippen MR) is 115 cm³/mol. The maximum atomic E-state index is 12.6. The van der Waals surface area contributed by atoms with Crippen LogP contribution in [0.25, 0.3) is 0 Å². The zero-order chi connectivity index (χ0) is 23.5. The molecule has 1 saturated heterocycles. The number of hydrogen-bond acceptors (Lipinski definition) is 16. The average Bonchev–Trinajstić information content (AvgIpc) is 2.82. The highest BCUT2D eigenvalue weighted by atomic mass is 31.2. The Hall–Kier alpha value is -2.48. The van der Waals surface area contributed by atoms with E-state index in [-0.39, 0.29) is 34.9 Å². The molecule has 18 heteroatoms. The van der Waals surface area contributed by atoms with Gasteiger partial charge in [-0.2, -0.15) is 29.9 Å². The van der Waals surface area contributed by atoms with Crippen LogP contribution in [0.4, 0.5) is 23.8 Å². The Balaban J connectivity index is 1.81. The van der Waals surface area contributed by atoms with E-state index >= 15 is 0 Å². The first-order chi connectivity index (χ1) is 15.2. The van der Waals surface area contributed by atoms with Gasteiger partial charge in [0.05, 0.1) is 0 Å². The lowest BCUT2D eigenvalue weighted by Crippen LogP contribution is -2.48. The van der Waals surface area contributed by atoms with Gasteiger partial charge in [-0.1, -0.05) is 0 Å². The maximum absolute atomic E-state index is 12.6. The van der Waals surface area contributed by atoms with Gasteiger partial charge in [0.25, 0.3) is 0 Å². The summed E-state index contributed by atoms with van der Waals surface area (Å²) in [6.07, 6.45) is 0. The van der Waals surface area contributed by atoms with Crippen molar-refractivity contribution in [1.82, 2.24) is 29.9 Å². The van der Waals surface area contributed by atoms with Crippen molar-refractivity contribution in [3.63, 3.8) is 0 Å². The van der Waals surface area contributed by atoms with Crippen LogP contribution in [-0.2, 0) is 27.2 Å². The molecule has 32 heavy (non-hydrogen) atoms. The topological polar surface area (TPSA) is 207 Å². The van der Waals surface area contributed by atoms with Crippen LogP contribution in [0, 0.1) is 0 Å². The second-order valence-corrected chi connectivity index (χ2v) is 10.5. The van der Waals surface area contributed by atoms with Gasteiger partial charge in [-0.15, -0.1) is 0 Å². The molecule has 3 rings (SSSR count). The summed E-state index contributed by atoms with van der Waals surface area (Å²) in [4.78, 5) is 28.0. The molecular formula is C14H24N10O6P2. The molecule has 1 aliphatic rings. The van der Waals surface area contributed by atoms with E-state index in [2.05, 4.69) is 29.9 Å². The smallest absolute Gasteiger partial charge is 0.368 e. The van der Waals surface area contributed by atoms with E-state index in [1.165, 1.54) is 28.4 Å². The summed E-state index contributed by atoms with van der Waals surface area (Å²) in [7, 11) is -2.50. The fraction of sp³-hybridized carbons (Fsp3) is 0.571. The van der Waals surface area contributed by atoms with Crippen LogP contribution in [0.15, 0.2) is 0 Å². The largest absolute Gasteiger partial charge is 0.398 e. The Bertz CT molecular complexity index is 967. The van der Waals surface area contributed by atoms with Crippen molar-refractivity contribution >= 4 is 50.1 Å². The number of rotatable bonds is 8. The van der Waals surface area contributed by atoms with E-state index in [9.17, 15) is 9.13 Å². The van der Waals surface area contributed by atoms with Gasteiger partial charge in [0.15, 0.2) is 0 Å². The number of nitrogens with two attached hydrogens (primary N) is 2. The molecule has 2 aromatic heterocycles. The fourth-order valence-corrected chi connectivity index (χ4v) is 4.67. The minimum atomic E-state index is -3.70. The van der Waals surface area contributed by atoms with Crippen LogP contribution in [-0.4, -0.2) is 84.5 Å². The Labute approximate surface area is 183 Å². The monoisotopic (exact) mass is 490 g/mol. The first-order valence-corrected chi connectivity index (χ1v) is 12.2. The third kappa shape index (κ3) is 4.80. The lowest BCUT2D eigenvalue weighted by Gasteiger charge is -2.34. The van der Waals surface area contributed by atoms with E-state index in [1.807, 2.05) is 9.80 Å². The normalized spacial score (nSPS) is 15.2. The van der Waals surface area contributed by atoms with Crippen LogP contribution in [0.2, 0.25) is 0 Å². The number of hydrogen-bond donors (Lipinski definition) is 2. The molecule has 176 valence electrons. The van der Waals surface area contributed by atoms with Crippen LogP contribution >= 0.6 is 15.2 Å². The van der Waals surface area contributed by atoms with Crippen LogP contribution in [0.5, 0.6) is 0 Å². The third-order valence-electron chi connectivity index (χ3n) is 4.55. The van der Waals surface area contributed by atoms with Gasteiger partial charge in [-0.05, 0) is 0 Å². The Morgan fingerprint density at radius 3 is 1.22 bits per heavy atom. The third-order valence-corrected chi connectivity index (χ3v) is 7.86. The van der Waals surface area contributed by atoms with Crippen molar-refractivity contribution < 1.29 is 27.2 Å². The summed E-state index contributed by atoms with van der Waals surface area (Å²) < 4.78 is 45.0. The predicted octanol–water partition coefficient (Wildman–Crippen LogP) is -1.23. The molecule has 3 heterocycles. The average molecular weight is 490 g/mol. The van der Waals surface area contributed by atoms with Gasteiger partial charge < -0.3 is 39.4 Å². The second kappa shape index (κ2) is 9.57. The zero-order valence-corrected chi connectivity index (χ0v) is 19.7. The standard InChI is InChI=1S/C14H24N10O6P2/c1-27-31(25,28-2)13-19-9(15)17-11(21-13)23-5-7-24(8-6-23)12-18-10(16)20-14(22-12)32(26,29-3)30-4/h5-8H2,1-4H3,(H2,15,17,19,21)(H2,16,18,20,22). The van der Waals surface area contributed by atoms with Gasteiger partial charge in [0.1, 0.15) is 0 Å². The molecule has 0 radical (unpaired) electrons. The fourth-order valence-electron chi connectivity index (χ4n) is 2.85. The van der Waals surface area contributed by atoms with Crippen molar-refractivity contribution in [3.05, 3.63) is 0 Å². The molecule has 2 aromatic rings. The number of aromatic nitrogens is 6. The van der Waals surface area contributed by atoms with Crippen LogP contribution < -0.4 is 32.4 Å². The Morgan fingerprint density at radius 2 is 0.938 bits per heavy atom. The van der Waals surface area contributed by atoms with Gasteiger partial charge in [0.2, 0.25) is 34.9 Å². The van der Waals surface area contributed by atoms with Crippen molar-refractivity contribution in [2.24, 2.45) is 0 Å². The second-order valence-electron chi connectivity index (χ2n) is 6.29. The summed E-state index contributed by atoms with van der Waals surface area (Å²) in [5, 5.41) is 0. The molecule has 0 bridgehead atoms. The zero-order valence-electron chi connectivity index (χ0n) is 17.9. The molecule has 0 atom stereocenters. The molecule has 16 nitrogen and oxygen atoms in total. The Kier molecular flexibility index (Phi) is 7.22. The summed E-state index contributed by atoms with van der Waals surface area (Å²) in [5.41, 5.74) is 11.2. The van der Waals surface area contributed by atoms with Crippen LogP contribution in [0.1, 0.15) is 0 Å². The van der Waals surface area contributed by atoms with Gasteiger partial charge >= 0.3 is 15.2 Å². The highest BCUT2D eigenvalue weighted by Gasteiger charge is 2.33. The van der Waals surface area contributed by atoms with Gasteiger partial charge in [-0.25, -0.2) is 0 Å². The summed E-state index contributed by atoms with van der Waals surface area (Å²) >= 11 is 0. The molecular weight excluding hydrogens is 466 g/mol. The highest BCUT2D eigenvalue weighted by molar-refractivity contribution is 7.61. The number of nitrogen functional groups attached to an aromatic ring is 2. The van der Waals surface area contributed by atoms with Crippen molar-refractivity contribution in [2.45, 2.75) is 0 Å². The summed E-state index contributed by atoms with van der Waals surface area (Å²) in [6, 6.07) is 0. The van der Waals surface area contributed by atoms with E-state index < -0.39 is 15.2 Å². The summed E-state index contributed by atoms with van der Waals surface area (Å²) in [6.45, 7) is 1.72. The quantitative estimate of drug-likeness (QED) is 0.415. The lowest BCUT2D eigenvalue weighted by atomic mass is 10.3. The van der Waals surface area contributed by atoms with Gasteiger partial charge in [-0.3, -0.25) is 9.13 Å². The van der Waals surface area contributed by atoms with Crippen molar-refractivity contribution in [3.8, 4) is 0 Å². The minimum absolute atomic E-state index is 0.119.